The van der Waals surface area contributed by atoms with Crippen LogP contribution in [0, 0.1) is 11.7 Å². The highest BCUT2D eigenvalue weighted by Gasteiger charge is 2.21. The minimum Gasteiger partial charge on any atom is -0.397 e. The van der Waals surface area contributed by atoms with E-state index in [2.05, 4.69) is 0 Å². The van der Waals surface area contributed by atoms with E-state index in [4.69, 9.17) is 22.1 Å². The van der Waals surface area contributed by atoms with Crippen molar-refractivity contribution in [2.45, 2.75) is 12.8 Å². The van der Waals surface area contributed by atoms with Crippen LogP contribution in [0.5, 0.6) is 0 Å². The summed E-state index contributed by atoms with van der Waals surface area (Å²) >= 11 is 5.75. The maximum absolute atomic E-state index is 13.2. The summed E-state index contributed by atoms with van der Waals surface area (Å²) < 4.78 is 18.7. The number of anilines is 2. The van der Waals surface area contributed by atoms with E-state index in [1.54, 1.807) is 6.07 Å². The van der Waals surface area contributed by atoms with Crippen molar-refractivity contribution in [1.82, 2.24) is 0 Å². The number of hydrogen-bond acceptors (Lipinski definition) is 3. The molecule has 0 spiro atoms. The van der Waals surface area contributed by atoms with E-state index in [0.717, 1.165) is 18.2 Å². The van der Waals surface area contributed by atoms with Gasteiger partial charge in [0.2, 0.25) is 0 Å². The van der Waals surface area contributed by atoms with Crippen LogP contribution in [0.4, 0.5) is 15.8 Å². The summed E-state index contributed by atoms with van der Waals surface area (Å²) in [6.07, 6.45) is 2.58. The standard InChI is InChI=1S/C13H18ClFN2O/c1-17(4-5-18-8-9-2-3-9)13-6-10(14)11(15)7-12(13)16/h6-7,9H,2-5,8,16H2,1H3. The normalized spacial score (nSPS) is 14.8. The van der Waals surface area contributed by atoms with Gasteiger partial charge in [-0.2, -0.15) is 0 Å². The van der Waals surface area contributed by atoms with Crippen molar-refractivity contribution in [3.8, 4) is 0 Å². The van der Waals surface area contributed by atoms with Gasteiger partial charge in [-0.15, -0.1) is 0 Å². The molecule has 0 aromatic heterocycles. The van der Waals surface area contributed by atoms with E-state index in [0.29, 0.717) is 18.8 Å². The Labute approximate surface area is 112 Å². The number of halogens is 2. The molecule has 1 saturated carbocycles. The van der Waals surface area contributed by atoms with Crippen LogP contribution < -0.4 is 10.6 Å². The molecule has 3 nitrogen and oxygen atoms in total. The molecule has 1 aromatic rings. The Hall–Kier alpha value is -1.00. The number of hydrogen-bond donors (Lipinski definition) is 1. The monoisotopic (exact) mass is 272 g/mol. The number of nitrogens with two attached hydrogens (primary N) is 1. The maximum Gasteiger partial charge on any atom is 0.143 e. The van der Waals surface area contributed by atoms with Gasteiger partial charge in [-0.25, -0.2) is 4.39 Å². The van der Waals surface area contributed by atoms with Gasteiger partial charge in [-0.1, -0.05) is 11.6 Å². The predicted molar refractivity (Wildman–Crippen MR) is 72.6 cm³/mol. The molecule has 0 atom stereocenters. The van der Waals surface area contributed by atoms with Gasteiger partial charge < -0.3 is 15.4 Å². The summed E-state index contributed by atoms with van der Waals surface area (Å²) in [4.78, 5) is 1.92. The van der Waals surface area contributed by atoms with E-state index in [1.807, 2.05) is 11.9 Å². The lowest BCUT2D eigenvalue weighted by Gasteiger charge is -2.21. The second-order valence-corrected chi connectivity index (χ2v) is 5.17. The molecule has 0 saturated heterocycles. The predicted octanol–water partition coefficient (Wildman–Crippen LogP) is 2.92. The molecule has 5 heteroatoms. The van der Waals surface area contributed by atoms with Crippen LogP contribution in [-0.2, 0) is 4.74 Å². The first-order valence-corrected chi connectivity index (χ1v) is 6.49. The van der Waals surface area contributed by atoms with E-state index < -0.39 is 5.82 Å². The van der Waals surface area contributed by atoms with Crippen molar-refractivity contribution in [3.05, 3.63) is 23.0 Å². The van der Waals surface area contributed by atoms with Crippen LogP contribution in [0.25, 0.3) is 0 Å². The third-order valence-electron chi connectivity index (χ3n) is 3.10. The van der Waals surface area contributed by atoms with Gasteiger partial charge in [0.15, 0.2) is 0 Å². The van der Waals surface area contributed by atoms with Crippen LogP contribution in [-0.4, -0.2) is 26.8 Å². The third kappa shape index (κ3) is 3.50. The lowest BCUT2D eigenvalue weighted by Crippen LogP contribution is -2.24. The van der Waals surface area contributed by atoms with Gasteiger partial charge >= 0.3 is 0 Å². The molecular weight excluding hydrogens is 255 g/mol. The van der Waals surface area contributed by atoms with Crippen molar-refractivity contribution < 1.29 is 9.13 Å². The average Bonchev–Trinajstić information content (AvgIpc) is 3.13. The summed E-state index contributed by atoms with van der Waals surface area (Å²) in [6, 6.07) is 2.80. The van der Waals surface area contributed by atoms with Crippen molar-refractivity contribution in [2.24, 2.45) is 5.92 Å². The highest BCUT2D eigenvalue weighted by Crippen LogP contribution is 2.29. The molecule has 100 valence electrons. The summed E-state index contributed by atoms with van der Waals surface area (Å²) in [5.74, 6) is 0.275. The van der Waals surface area contributed by atoms with Crippen molar-refractivity contribution >= 4 is 23.0 Å². The molecule has 0 radical (unpaired) electrons. The SMILES string of the molecule is CN(CCOCC1CC1)c1cc(Cl)c(F)cc1N. The van der Waals surface area contributed by atoms with E-state index >= 15 is 0 Å². The third-order valence-corrected chi connectivity index (χ3v) is 3.39. The van der Waals surface area contributed by atoms with Crippen LogP contribution in [0.2, 0.25) is 5.02 Å². The molecular formula is C13H18ClFN2O. The summed E-state index contributed by atoms with van der Waals surface area (Å²) in [5.41, 5.74) is 6.90. The van der Waals surface area contributed by atoms with Crippen LogP contribution in [0.15, 0.2) is 12.1 Å². The number of ether oxygens (including phenoxy) is 1. The van der Waals surface area contributed by atoms with Gasteiger partial charge in [0.25, 0.3) is 0 Å². The van der Waals surface area contributed by atoms with Crippen LogP contribution in [0.3, 0.4) is 0 Å². The lowest BCUT2D eigenvalue weighted by molar-refractivity contribution is 0.131. The van der Waals surface area contributed by atoms with Crippen LogP contribution >= 0.6 is 11.6 Å². The zero-order chi connectivity index (χ0) is 13.1. The van der Waals surface area contributed by atoms with E-state index in [1.165, 1.54) is 18.9 Å². The van der Waals surface area contributed by atoms with E-state index in [9.17, 15) is 4.39 Å². The number of nitrogens with zero attached hydrogens (tertiary/aromatic N) is 1. The number of benzene rings is 1. The lowest BCUT2D eigenvalue weighted by atomic mass is 10.2. The van der Waals surface area contributed by atoms with Crippen molar-refractivity contribution in [3.63, 3.8) is 0 Å². The smallest absolute Gasteiger partial charge is 0.143 e. The van der Waals surface area contributed by atoms with Gasteiger partial charge in [0.1, 0.15) is 5.82 Å². The molecule has 0 unspecified atom stereocenters. The first-order chi connectivity index (χ1) is 8.58. The Balaban J connectivity index is 1.86. The molecule has 2 N–H and O–H groups in total. The summed E-state index contributed by atoms with van der Waals surface area (Å²) in [7, 11) is 1.89. The molecule has 0 aliphatic heterocycles. The summed E-state index contributed by atoms with van der Waals surface area (Å²) in [6.45, 7) is 2.19. The maximum atomic E-state index is 13.2. The molecule has 0 bridgehead atoms. The van der Waals surface area contributed by atoms with Crippen LogP contribution in [0.1, 0.15) is 12.8 Å². The molecule has 1 aliphatic rings. The van der Waals surface area contributed by atoms with Gasteiger partial charge in [-0.3, -0.25) is 0 Å². The molecule has 0 amide bonds. The highest BCUT2D eigenvalue weighted by molar-refractivity contribution is 6.31. The van der Waals surface area contributed by atoms with Gasteiger partial charge in [0.05, 0.1) is 23.0 Å². The summed E-state index contributed by atoms with van der Waals surface area (Å²) in [5, 5.41) is 0.0879. The first kappa shape index (κ1) is 13.4. The first-order valence-electron chi connectivity index (χ1n) is 6.11. The van der Waals surface area contributed by atoms with Gasteiger partial charge in [0, 0.05) is 26.3 Å². The second kappa shape index (κ2) is 5.76. The number of rotatable bonds is 6. The quantitative estimate of drug-likeness (QED) is 0.639. The molecule has 1 aromatic carbocycles. The molecule has 2 rings (SSSR count). The van der Waals surface area contributed by atoms with E-state index in [-0.39, 0.29) is 5.02 Å². The number of nitrogen functional groups attached to an aromatic ring is 1. The molecule has 1 aliphatic carbocycles. The van der Waals surface area contributed by atoms with Crippen molar-refractivity contribution in [2.75, 3.05) is 37.4 Å². The Bertz CT molecular complexity index is 424. The van der Waals surface area contributed by atoms with Gasteiger partial charge in [-0.05, 0) is 24.8 Å². The van der Waals surface area contributed by atoms with Crippen molar-refractivity contribution in [1.29, 1.82) is 0 Å². The number of likely N-dealkylation sites (N-methyl/N-ethyl adjacent to an activating group) is 1. The zero-order valence-electron chi connectivity index (χ0n) is 10.5. The Morgan fingerprint density at radius 3 is 2.89 bits per heavy atom. The Morgan fingerprint density at radius 1 is 1.50 bits per heavy atom. The largest absolute Gasteiger partial charge is 0.397 e. The fourth-order valence-corrected chi connectivity index (χ4v) is 1.90. The Morgan fingerprint density at radius 2 is 2.22 bits per heavy atom. The molecule has 0 heterocycles. The topological polar surface area (TPSA) is 38.5 Å². The zero-order valence-corrected chi connectivity index (χ0v) is 11.2. The second-order valence-electron chi connectivity index (χ2n) is 4.76. The molecule has 1 fully saturated rings. The fourth-order valence-electron chi connectivity index (χ4n) is 1.74. The minimum atomic E-state index is -0.490. The Kier molecular flexibility index (Phi) is 4.30. The average molecular weight is 273 g/mol. The molecule has 18 heavy (non-hydrogen) atoms. The fraction of sp³-hybridized carbons (Fsp3) is 0.538. The minimum absolute atomic E-state index is 0.0879. The highest BCUT2D eigenvalue weighted by atomic mass is 35.5.